The first kappa shape index (κ1) is 17.1. The maximum absolute atomic E-state index is 5.62. The third kappa shape index (κ3) is 4.28. The molecule has 0 saturated carbocycles. The molecule has 1 unspecified atom stereocenters. The molecule has 1 atom stereocenters. The van der Waals surface area contributed by atoms with Crippen molar-refractivity contribution in [3.63, 3.8) is 0 Å². The minimum atomic E-state index is -0.409. The van der Waals surface area contributed by atoms with Crippen LogP contribution in [0.3, 0.4) is 0 Å². The quantitative estimate of drug-likeness (QED) is 0.715. The second-order valence-electron chi connectivity index (χ2n) is 5.31. The summed E-state index contributed by atoms with van der Waals surface area (Å²) in [4.78, 5) is 4.52. The van der Waals surface area contributed by atoms with Gasteiger partial charge in [-0.15, -0.1) is 0 Å². The van der Waals surface area contributed by atoms with E-state index in [0.717, 1.165) is 38.6 Å². The number of nitrogens with zero attached hydrogens (tertiary/aromatic N) is 2. The molecular weight excluding hydrogens is 254 g/mol. The summed E-state index contributed by atoms with van der Waals surface area (Å²) in [6.07, 6.45) is 4.64. The first-order chi connectivity index (χ1) is 9.61. The average Bonchev–Trinajstić information content (AvgIpc) is 2.95. The van der Waals surface area contributed by atoms with Gasteiger partial charge in [0.15, 0.2) is 0 Å². The molecule has 0 spiro atoms. The molecule has 0 aliphatic carbocycles. The number of hydrogen-bond acceptors (Lipinski definition) is 5. The van der Waals surface area contributed by atoms with Crippen molar-refractivity contribution in [2.75, 3.05) is 13.7 Å². The van der Waals surface area contributed by atoms with Crippen LogP contribution in [0.25, 0.3) is 0 Å². The van der Waals surface area contributed by atoms with E-state index in [1.165, 1.54) is 0 Å². The van der Waals surface area contributed by atoms with Crippen LogP contribution in [0.5, 0.6) is 0 Å². The Morgan fingerprint density at radius 1 is 1.30 bits per heavy atom. The van der Waals surface area contributed by atoms with E-state index in [1.807, 2.05) is 0 Å². The Bertz CT molecular complexity index is 367. The van der Waals surface area contributed by atoms with E-state index >= 15 is 0 Å². The van der Waals surface area contributed by atoms with E-state index < -0.39 is 5.60 Å². The first-order valence-electron chi connectivity index (χ1n) is 7.73. The maximum Gasteiger partial charge on any atom is 0.226 e. The fraction of sp³-hybridized carbons (Fsp3) is 0.867. The van der Waals surface area contributed by atoms with Crippen LogP contribution < -0.4 is 5.32 Å². The Labute approximate surface area is 122 Å². The standard InChI is InChI=1S/C15H29N3O2/c1-6-11-16-12(4)9-10-13-17-14(18-20-13)15(7-2,8-3)19-5/h12,16H,6-11H2,1-5H3. The van der Waals surface area contributed by atoms with Crippen molar-refractivity contribution in [3.8, 4) is 0 Å². The molecule has 1 N–H and O–H groups in total. The van der Waals surface area contributed by atoms with Gasteiger partial charge in [0, 0.05) is 19.6 Å². The molecule has 5 heteroatoms. The Balaban J connectivity index is 2.59. The van der Waals surface area contributed by atoms with Gasteiger partial charge in [-0.3, -0.25) is 0 Å². The number of aryl methyl sites for hydroxylation is 1. The van der Waals surface area contributed by atoms with Crippen LogP contribution in [-0.4, -0.2) is 29.8 Å². The molecule has 20 heavy (non-hydrogen) atoms. The van der Waals surface area contributed by atoms with Crippen LogP contribution in [0.4, 0.5) is 0 Å². The second-order valence-corrected chi connectivity index (χ2v) is 5.31. The van der Waals surface area contributed by atoms with E-state index in [4.69, 9.17) is 9.26 Å². The zero-order valence-corrected chi connectivity index (χ0v) is 13.5. The van der Waals surface area contributed by atoms with Crippen molar-refractivity contribution in [1.29, 1.82) is 0 Å². The van der Waals surface area contributed by atoms with Gasteiger partial charge in [-0.25, -0.2) is 0 Å². The third-order valence-corrected chi connectivity index (χ3v) is 3.94. The molecule has 0 saturated heterocycles. The monoisotopic (exact) mass is 283 g/mol. The summed E-state index contributed by atoms with van der Waals surface area (Å²) in [6, 6.07) is 0.467. The summed E-state index contributed by atoms with van der Waals surface area (Å²) in [5, 5.41) is 7.57. The topological polar surface area (TPSA) is 60.2 Å². The molecule has 1 aromatic rings. The number of nitrogens with one attached hydrogen (secondary N) is 1. The maximum atomic E-state index is 5.62. The lowest BCUT2D eigenvalue weighted by atomic mass is 9.96. The summed E-state index contributed by atoms with van der Waals surface area (Å²) in [6.45, 7) is 9.57. The van der Waals surface area contributed by atoms with Gasteiger partial charge in [0.2, 0.25) is 11.7 Å². The van der Waals surface area contributed by atoms with Gasteiger partial charge in [0.05, 0.1) is 0 Å². The predicted octanol–water partition coefficient (Wildman–Crippen LogP) is 3.05. The third-order valence-electron chi connectivity index (χ3n) is 3.94. The molecule has 0 aliphatic heterocycles. The summed E-state index contributed by atoms with van der Waals surface area (Å²) in [5.41, 5.74) is -0.409. The van der Waals surface area contributed by atoms with E-state index in [2.05, 4.69) is 43.2 Å². The average molecular weight is 283 g/mol. The van der Waals surface area contributed by atoms with Gasteiger partial charge < -0.3 is 14.6 Å². The zero-order chi connectivity index (χ0) is 15.0. The number of methoxy groups -OCH3 is 1. The van der Waals surface area contributed by atoms with E-state index in [9.17, 15) is 0 Å². The SMILES string of the molecule is CCCNC(C)CCc1nc(C(CC)(CC)OC)no1. The molecular formula is C15H29N3O2. The fourth-order valence-electron chi connectivity index (χ4n) is 2.32. The van der Waals surface area contributed by atoms with Crippen molar-refractivity contribution < 1.29 is 9.26 Å². The molecule has 5 nitrogen and oxygen atoms in total. The van der Waals surface area contributed by atoms with Crippen LogP contribution in [0.1, 0.15) is 65.1 Å². The minimum Gasteiger partial charge on any atom is -0.370 e. The molecule has 1 aromatic heterocycles. The van der Waals surface area contributed by atoms with Gasteiger partial charge in [-0.05, 0) is 39.2 Å². The van der Waals surface area contributed by atoms with Gasteiger partial charge in [-0.2, -0.15) is 4.98 Å². The van der Waals surface area contributed by atoms with E-state index in [0.29, 0.717) is 17.8 Å². The molecule has 116 valence electrons. The van der Waals surface area contributed by atoms with Gasteiger partial charge >= 0.3 is 0 Å². The van der Waals surface area contributed by atoms with Gasteiger partial charge in [-0.1, -0.05) is 25.9 Å². The number of rotatable bonds is 10. The minimum absolute atomic E-state index is 0.409. The number of ether oxygens (including phenoxy) is 1. The molecule has 1 heterocycles. The lowest BCUT2D eigenvalue weighted by molar-refractivity contribution is -0.0306. The second kappa shape index (κ2) is 8.37. The summed E-state index contributed by atoms with van der Waals surface area (Å²) >= 11 is 0. The van der Waals surface area contributed by atoms with Gasteiger partial charge in [0.25, 0.3) is 0 Å². The van der Waals surface area contributed by atoms with Crippen LogP contribution in [0.15, 0.2) is 4.52 Å². The lowest BCUT2D eigenvalue weighted by Crippen LogP contribution is -2.28. The molecule has 0 fully saturated rings. The first-order valence-corrected chi connectivity index (χ1v) is 7.73. The van der Waals surface area contributed by atoms with E-state index in [-0.39, 0.29) is 0 Å². The molecule has 0 radical (unpaired) electrons. The smallest absolute Gasteiger partial charge is 0.226 e. The zero-order valence-electron chi connectivity index (χ0n) is 13.5. The van der Waals surface area contributed by atoms with E-state index in [1.54, 1.807) is 7.11 Å². The van der Waals surface area contributed by atoms with Crippen molar-refractivity contribution >= 4 is 0 Å². The molecule has 0 aromatic carbocycles. The van der Waals surface area contributed by atoms with Crippen LogP contribution in [-0.2, 0) is 16.8 Å². The fourth-order valence-corrected chi connectivity index (χ4v) is 2.32. The van der Waals surface area contributed by atoms with Crippen molar-refractivity contribution in [2.45, 2.75) is 71.4 Å². The Morgan fingerprint density at radius 2 is 2.00 bits per heavy atom. The highest BCUT2D eigenvalue weighted by Crippen LogP contribution is 2.30. The number of hydrogen-bond donors (Lipinski definition) is 1. The van der Waals surface area contributed by atoms with Crippen molar-refractivity contribution in [2.24, 2.45) is 0 Å². The van der Waals surface area contributed by atoms with Gasteiger partial charge in [0.1, 0.15) is 5.60 Å². The number of aromatic nitrogens is 2. The van der Waals surface area contributed by atoms with Crippen LogP contribution in [0.2, 0.25) is 0 Å². The summed E-state index contributed by atoms with van der Waals surface area (Å²) in [5.74, 6) is 1.38. The van der Waals surface area contributed by atoms with Crippen LogP contribution in [0, 0.1) is 0 Å². The summed E-state index contributed by atoms with van der Waals surface area (Å²) < 4.78 is 11.0. The molecule has 0 amide bonds. The van der Waals surface area contributed by atoms with Crippen LogP contribution >= 0.6 is 0 Å². The highest BCUT2D eigenvalue weighted by atomic mass is 16.5. The predicted molar refractivity (Wildman–Crippen MR) is 79.6 cm³/mol. The summed E-state index contributed by atoms with van der Waals surface area (Å²) in [7, 11) is 1.71. The highest BCUT2D eigenvalue weighted by Gasteiger charge is 2.33. The molecule has 0 aliphatic rings. The molecule has 0 bridgehead atoms. The Morgan fingerprint density at radius 3 is 2.55 bits per heavy atom. The largest absolute Gasteiger partial charge is 0.370 e. The van der Waals surface area contributed by atoms with Crippen molar-refractivity contribution in [1.82, 2.24) is 15.5 Å². The lowest BCUT2D eigenvalue weighted by Gasteiger charge is -2.25. The Kier molecular flexibility index (Phi) is 7.16. The van der Waals surface area contributed by atoms with Crippen molar-refractivity contribution in [3.05, 3.63) is 11.7 Å². The Hall–Kier alpha value is -0.940. The molecule has 1 rings (SSSR count). The highest BCUT2D eigenvalue weighted by molar-refractivity contribution is 5.01. The normalized spacial score (nSPS) is 13.7.